The first kappa shape index (κ1) is 32.8. The molecule has 1 atom stereocenters. The van der Waals surface area contributed by atoms with Crippen LogP contribution >= 0.6 is 15.9 Å². The second kappa shape index (κ2) is 12.0. The van der Waals surface area contributed by atoms with Crippen molar-refractivity contribution in [1.29, 1.82) is 0 Å². The fourth-order valence-electron chi connectivity index (χ4n) is 7.04. The molecule has 3 aromatic heterocycles. The van der Waals surface area contributed by atoms with E-state index in [0.29, 0.717) is 46.8 Å². The van der Waals surface area contributed by atoms with Crippen molar-refractivity contribution in [2.24, 2.45) is 0 Å². The minimum atomic E-state index is -4.06. The van der Waals surface area contributed by atoms with Gasteiger partial charge in [-0.3, -0.25) is 4.68 Å². The third kappa shape index (κ3) is 5.22. The largest absolute Gasteiger partial charge is 0.444 e. The smallest absolute Gasteiger partial charge is 0.410 e. The van der Waals surface area contributed by atoms with E-state index in [2.05, 4.69) is 32.7 Å². The van der Waals surface area contributed by atoms with Gasteiger partial charge in [0, 0.05) is 53.7 Å². The molecule has 1 saturated carbocycles. The van der Waals surface area contributed by atoms with Crippen LogP contribution in [0.3, 0.4) is 0 Å². The highest BCUT2D eigenvalue weighted by atomic mass is 79.9. The number of amides is 1. The van der Waals surface area contributed by atoms with Crippen LogP contribution in [0.25, 0.3) is 33.1 Å². The van der Waals surface area contributed by atoms with Gasteiger partial charge in [-0.1, -0.05) is 24.3 Å². The predicted molar refractivity (Wildman–Crippen MR) is 185 cm³/mol. The van der Waals surface area contributed by atoms with E-state index in [4.69, 9.17) is 24.7 Å². The highest BCUT2D eigenvalue weighted by Crippen LogP contribution is 2.51. The molecule has 3 aliphatic rings. The van der Waals surface area contributed by atoms with Crippen LogP contribution in [0.2, 0.25) is 0 Å². The van der Waals surface area contributed by atoms with Crippen molar-refractivity contribution < 1.29 is 27.8 Å². The normalized spacial score (nSPS) is 19.4. The summed E-state index contributed by atoms with van der Waals surface area (Å²) in [4.78, 5) is 19.8. The van der Waals surface area contributed by atoms with Gasteiger partial charge in [-0.25, -0.2) is 22.2 Å². The van der Waals surface area contributed by atoms with Gasteiger partial charge in [-0.15, -0.1) is 0 Å². The SMILES string of the molecule is CC(C)(C)OC(=O)N1CCC2(C1)OCc1cnc3c(c(-c4ccc5c(cnn5C5CCC5)c4)c(Br)n3S(=O)(=O)c3ccccc3)c12.CO. The molecule has 5 aromatic rings. The molecule has 2 aliphatic heterocycles. The first-order chi connectivity index (χ1) is 23.0. The Hall–Kier alpha value is -3.78. The monoisotopic (exact) mass is 735 g/mol. The summed E-state index contributed by atoms with van der Waals surface area (Å²) in [6.07, 6.45) is 7.19. The molecule has 5 heterocycles. The summed E-state index contributed by atoms with van der Waals surface area (Å²) in [5, 5.41) is 13.4. The number of fused-ring (bicyclic) bond motifs is 5. The number of benzene rings is 2. The summed E-state index contributed by atoms with van der Waals surface area (Å²) in [6.45, 7) is 6.58. The summed E-state index contributed by atoms with van der Waals surface area (Å²) in [7, 11) is -3.06. The van der Waals surface area contributed by atoms with E-state index in [1.54, 1.807) is 41.4 Å². The second-order valence-electron chi connectivity index (χ2n) is 13.5. The molecule has 48 heavy (non-hydrogen) atoms. The van der Waals surface area contributed by atoms with Gasteiger partial charge in [0.1, 0.15) is 15.8 Å². The molecular weight excluding hydrogens is 698 g/mol. The number of aromatic nitrogens is 4. The lowest BCUT2D eigenvalue weighted by atomic mass is 9.87. The lowest BCUT2D eigenvalue weighted by Gasteiger charge is -2.27. The molecule has 1 N–H and O–H groups in total. The molecule has 13 heteroatoms. The van der Waals surface area contributed by atoms with Crippen LogP contribution in [-0.2, 0) is 31.7 Å². The Labute approximate surface area is 287 Å². The highest BCUT2D eigenvalue weighted by molar-refractivity contribution is 9.10. The van der Waals surface area contributed by atoms with Crippen molar-refractivity contribution in [3.05, 3.63) is 76.7 Å². The van der Waals surface area contributed by atoms with Crippen molar-refractivity contribution in [3.63, 3.8) is 0 Å². The predicted octanol–water partition coefficient (Wildman–Crippen LogP) is 6.75. The number of halogens is 1. The molecule has 0 bridgehead atoms. The van der Waals surface area contributed by atoms with E-state index >= 15 is 0 Å². The summed E-state index contributed by atoms with van der Waals surface area (Å²) in [5.74, 6) is 0. The Morgan fingerprint density at radius 2 is 1.85 bits per heavy atom. The fraction of sp³-hybridized carbons (Fsp3) is 0.400. The van der Waals surface area contributed by atoms with Gasteiger partial charge in [0.05, 0.1) is 35.8 Å². The van der Waals surface area contributed by atoms with Crippen LogP contribution in [0.4, 0.5) is 4.79 Å². The standard InChI is InChI=1S/C34H34BrN5O5S.CH4O/c1-33(2,3)45-32(41)38-15-14-34(20-38)29-23(19-44-34)17-36-31-28(29)27(30(35)40(31)46(42,43)25-10-5-4-6-11-25)21-12-13-26-22(16-21)18-37-39(26)24-8-7-9-24;1-2/h4-6,10-13,16-18,24H,7-9,14-15,19-20H2,1-3H3;2H,1H3. The van der Waals surface area contributed by atoms with Crippen LogP contribution in [0, 0.1) is 0 Å². The molecule has 1 aliphatic carbocycles. The summed E-state index contributed by atoms with van der Waals surface area (Å²) >= 11 is 3.75. The van der Waals surface area contributed by atoms with E-state index in [-0.39, 0.29) is 11.4 Å². The number of carbonyl (C=O) groups is 1. The number of pyridine rings is 1. The van der Waals surface area contributed by atoms with Gasteiger partial charge >= 0.3 is 6.09 Å². The van der Waals surface area contributed by atoms with Gasteiger partial charge in [-0.2, -0.15) is 5.10 Å². The van der Waals surface area contributed by atoms with Crippen LogP contribution in [0.15, 0.2) is 70.4 Å². The zero-order valence-corrected chi connectivity index (χ0v) is 29.7. The first-order valence-electron chi connectivity index (χ1n) is 16.0. The van der Waals surface area contributed by atoms with Crippen molar-refractivity contribution in [2.75, 3.05) is 20.2 Å². The quantitative estimate of drug-likeness (QED) is 0.215. The first-order valence-corrected chi connectivity index (χ1v) is 18.3. The van der Waals surface area contributed by atoms with E-state index in [1.807, 2.05) is 33.0 Å². The number of rotatable bonds is 4. The minimum Gasteiger partial charge on any atom is -0.444 e. The lowest BCUT2D eigenvalue weighted by molar-refractivity contribution is -0.0320. The Bertz CT molecular complexity index is 2150. The number of ether oxygens (including phenoxy) is 2. The maximum Gasteiger partial charge on any atom is 0.410 e. The molecular formula is C35H38BrN5O6S. The molecule has 2 fully saturated rings. The van der Waals surface area contributed by atoms with Crippen molar-refractivity contribution in [1.82, 2.24) is 23.6 Å². The van der Waals surface area contributed by atoms with Gasteiger partial charge in [0.25, 0.3) is 10.0 Å². The van der Waals surface area contributed by atoms with Crippen molar-refractivity contribution in [2.45, 2.75) is 75.2 Å². The number of likely N-dealkylation sites (tertiary alicyclic amines) is 1. The summed E-state index contributed by atoms with van der Waals surface area (Å²) in [5.41, 5.74) is 3.16. The minimum absolute atomic E-state index is 0.154. The second-order valence-corrected chi connectivity index (χ2v) is 16.0. The van der Waals surface area contributed by atoms with E-state index in [9.17, 15) is 13.2 Å². The van der Waals surface area contributed by atoms with Crippen molar-refractivity contribution >= 4 is 54.0 Å². The Morgan fingerprint density at radius 1 is 1.10 bits per heavy atom. The number of aliphatic hydroxyl groups excluding tert-OH is 1. The maximum atomic E-state index is 14.3. The summed E-state index contributed by atoms with van der Waals surface area (Å²) in [6, 6.07) is 14.9. The van der Waals surface area contributed by atoms with Crippen molar-refractivity contribution in [3.8, 4) is 11.1 Å². The molecule has 1 spiro atoms. The van der Waals surface area contributed by atoms with Crippen LogP contribution < -0.4 is 0 Å². The average Bonchev–Trinajstić information content (AvgIpc) is 3.81. The molecule has 252 valence electrons. The Kier molecular flexibility index (Phi) is 8.17. The van der Waals surface area contributed by atoms with E-state index in [0.717, 1.165) is 47.5 Å². The topological polar surface area (TPSA) is 129 Å². The Balaban J connectivity index is 0.00000179. The van der Waals surface area contributed by atoms with E-state index in [1.165, 1.54) is 10.4 Å². The zero-order chi connectivity index (χ0) is 34.0. The van der Waals surface area contributed by atoms with Gasteiger partial charge in [-0.05, 0) is 85.8 Å². The molecule has 1 saturated heterocycles. The van der Waals surface area contributed by atoms with Gasteiger partial charge < -0.3 is 19.5 Å². The molecule has 1 amide bonds. The molecule has 8 rings (SSSR count). The van der Waals surface area contributed by atoms with Gasteiger partial charge in [0.15, 0.2) is 5.65 Å². The Morgan fingerprint density at radius 3 is 2.54 bits per heavy atom. The van der Waals surface area contributed by atoms with Crippen LogP contribution in [-0.4, -0.2) is 69.1 Å². The zero-order valence-electron chi connectivity index (χ0n) is 27.3. The summed E-state index contributed by atoms with van der Waals surface area (Å²) < 4.78 is 44.6. The molecule has 2 aromatic carbocycles. The van der Waals surface area contributed by atoms with Crippen LogP contribution in [0.5, 0.6) is 0 Å². The van der Waals surface area contributed by atoms with Crippen LogP contribution in [0.1, 0.15) is 63.6 Å². The molecule has 1 unspecified atom stereocenters. The number of aliphatic hydroxyl groups is 1. The highest BCUT2D eigenvalue weighted by Gasteiger charge is 2.50. The number of hydrogen-bond acceptors (Lipinski definition) is 8. The molecule has 11 nitrogen and oxygen atoms in total. The average molecular weight is 737 g/mol. The number of nitrogens with zero attached hydrogens (tertiary/aromatic N) is 5. The lowest BCUT2D eigenvalue weighted by Crippen LogP contribution is -2.38. The molecule has 0 radical (unpaired) electrons. The van der Waals surface area contributed by atoms with Gasteiger partial charge in [0.2, 0.25) is 0 Å². The number of carbonyl (C=O) groups excluding carboxylic acids is 1. The third-order valence-corrected chi connectivity index (χ3v) is 12.1. The number of hydrogen-bond donors (Lipinski definition) is 1. The maximum absolute atomic E-state index is 14.3. The van der Waals surface area contributed by atoms with E-state index < -0.39 is 27.3 Å². The fourth-order valence-corrected chi connectivity index (χ4v) is 9.59. The third-order valence-electron chi connectivity index (χ3n) is 9.39.